The first kappa shape index (κ1) is 4.37. The van der Waals surface area contributed by atoms with E-state index < -0.39 is 0 Å². The summed E-state index contributed by atoms with van der Waals surface area (Å²) in [4.78, 5) is 0. The van der Waals surface area contributed by atoms with E-state index in [2.05, 4.69) is 17.9 Å². The van der Waals surface area contributed by atoms with Crippen LogP contribution in [0.25, 0.3) is 0 Å². The average molecular weight is 74.9 g/mol. The molecule has 0 amide bonds. The molecule has 0 aliphatic carbocycles. The van der Waals surface area contributed by atoms with Crippen molar-refractivity contribution in [3.8, 4) is 0 Å². The zero-order chi connectivity index (χ0) is 3.41. The van der Waals surface area contributed by atoms with Crippen LogP contribution in [0, 0.1) is 0 Å². The van der Waals surface area contributed by atoms with Gasteiger partial charge in [-0.1, -0.05) is 0 Å². The summed E-state index contributed by atoms with van der Waals surface area (Å²) in [6.45, 7) is 0. The fourth-order valence-corrected chi connectivity index (χ4v) is 0. The largest absolute Gasteiger partial charge is 0.354 e. The topological polar surface area (TPSA) is 12.0 Å². The van der Waals surface area contributed by atoms with Crippen molar-refractivity contribution in [2.45, 2.75) is 0 Å². The van der Waals surface area contributed by atoms with Gasteiger partial charge >= 0.3 is 0 Å². The Bertz CT molecular complexity index is 10.0. The van der Waals surface area contributed by atoms with E-state index in [0.29, 0.717) is 0 Å². The Balaban J connectivity index is 1.97. The molecule has 0 saturated heterocycles. The molecule has 0 aromatic heterocycles. The molecular weight excluding hydrogens is 68.9 g/mol. The minimum Gasteiger partial charge on any atom is -0.354 e. The first-order valence-electron chi connectivity index (χ1n) is 1.17. The Morgan fingerprint density at radius 3 is 2.25 bits per heavy atom. The lowest BCUT2D eigenvalue weighted by Crippen LogP contribution is -2.02. The molecule has 4 heavy (non-hydrogen) atoms. The first-order chi connectivity index (χ1) is 1.91. The van der Waals surface area contributed by atoms with E-state index >= 15 is 0 Å². The van der Waals surface area contributed by atoms with Gasteiger partial charge in [0, 0.05) is 5.88 Å². The minimum atomic E-state index is 0.764. The number of rotatable bonds is 1. The molecule has 0 heterocycles. The van der Waals surface area contributed by atoms with Gasteiger partial charge in [0.25, 0.3) is 0 Å². The Morgan fingerprint density at radius 2 is 2.25 bits per heavy atom. The van der Waals surface area contributed by atoms with Gasteiger partial charge in [-0.15, -0.1) is 0 Å². The monoisotopic (exact) mass is 75.0 g/mol. The molecule has 1 N–H and O–H groups in total. The number of hydrogen-bond acceptors (Lipinski definition) is 2. The molecule has 0 unspecified atom stereocenters. The second-order valence-electron chi connectivity index (χ2n) is 0.512. The van der Waals surface area contributed by atoms with Crippen LogP contribution in [0.5, 0.6) is 0 Å². The molecule has 0 bridgehead atoms. The van der Waals surface area contributed by atoms with Crippen LogP contribution in [0.3, 0.4) is 0 Å². The van der Waals surface area contributed by atoms with Crippen molar-refractivity contribution < 1.29 is 0 Å². The summed E-state index contributed by atoms with van der Waals surface area (Å²) >= 11 is 3.81. The van der Waals surface area contributed by atoms with Crippen molar-refractivity contribution in [3.05, 3.63) is 0 Å². The fraction of sp³-hybridized carbons (Fsp3) is 1.00. The second-order valence-corrected chi connectivity index (χ2v) is 0.828. The summed E-state index contributed by atoms with van der Waals surface area (Å²) in [5.74, 6) is 0.764. The van der Waals surface area contributed by atoms with Crippen LogP contribution in [0.2, 0.25) is 0 Å². The quantitative estimate of drug-likeness (QED) is 0.232. The summed E-state index contributed by atoms with van der Waals surface area (Å²) < 4.78 is 0. The standard InChI is InChI=1S/CH6BNS/c2-3-1-4/h3-4H,1-2H2. The Labute approximate surface area is 32.6 Å². The van der Waals surface area contributed by atoms with Crippen molar-refractivity contribution in [2.24, 2.45) is 0 Å². The predicted octanol–water partition coefficient (Wildman–Crippen LogP) is -0.989. The third-order valence-corrected chi connectivity index (χ3v) is 0.474. The SMILES string of the molecule is BNCS. The highest BCUT2D eigenvalue weighted by Crippen LogP contribution is 1.52. The molecule has 0 aliphatic rings. The maximum absolute atomic E-state index is 3.81. The van der Waals surface area contributed by atoms with Gasteiger partial charge in [0.1, 0.15) is 0 Å². The number of hydrogen-bond donors (Lipinski definition) is 2. The van der Waals surface area contributed by atoms with Gasteiger partial charge in [-0.05, 0) is 0 Å². The van der Waals surface area contributed by atoms with Crippen molar-refractivity contribution in [1.82, 2.24) is 5.23 Å². The normalized spacial score (nSPS) is 7.25. The zero-order valence-corrected chi connectivity index (χ0v) is 3.55. The molecule has 24 valence electrons. The van der Waals surface area contributed by atoms with Gasteiger partial charge < -0.3 is 5.23 Å². The lowest BCUT2D eigenvalue weighted by molar-refractivity contribution is 1.22. The molecule has 0 atom stereocenters. The van der Waals surface area contributed by atoms with Crippen LogP contribution in [-0.4, -0.2) is 13.9 Å². The van der Waals surface area contributed by atoms with Crippen LogP contribution in [0.15, 0.2) is 0 Å². The average Bonchev–Trinajstić information content (AvgIpc) is 1.37. The van der Waals surface area contributed by atoms with Crippen LogP contribution < -0.4 is 5.23 Å². The van der Waals surface area contributed by atoms with Gasteiger partial charge in [-0.3, -0.25) is 0 Å². The fourth-order valence-electron chi connectivity index (χ4n) is 0. The molecule has 0 aromatic rings. The van der Waals surface area contributed by atoms with Gasteiger partial charge in [-0.25, -0.2) is 0 Å². The van der Waals surface area contributed by atoms with Crippen molar-refractivity contribution in [1.29, 1.82) is 0 Å². The van der Waals surface area contributed by atoms with Gasteiger partial charge in [0.05, 0.1) is 0 Å². The lowest BCUT2D eigenvalue weighted by atomic mass is 10.5. The molecule has 0 aromatic carbocycles. The Morgan fingerprint density at radius 1 is 2.00 bits per heavy atom. The Kier molecular flexibility index (Phi) is 3.69. The molecule has 0 rings (SSSR count). The summed E-state index contributed by atoms with van der Waals surface area (Å²) in [6.07, 6.45) is 0. The van der Waals surface area contributed by atoms with Crippen LogP contribution in [-0.2, 0) is 0 Å². The number of thiol groups is 1. The van der Waals surface area contributed by atoms with Crippen LogP contribution in [0.4, 0.5) is 0 Å². The van der Waals surface area contributed by atoms with E-state index in [1.807, 2.05) is 7.98 Å². The minimum absolute atomic E-state index is 0.764. The summed E-state index contributed by atoms with van der Waals surface area (Å²) in [5, 5.41) is 2.79. The lowest BCUT2D eigenvalue weighted by Gasteiger charge is -1.75. The van der Waals surface area contributed by atoms with E-state index in [0.717, 1.165) is 5.88 Å². The van der Waals surface area contributed by atoms with Gasteiger partial charge in [0.2, 0.25) is 0 Å². The van der Waals surface area contributed by atoms with E-state index in [-0.39, 0.29) is 0 Å². The number of nitrogens with one attached hydrogen (secondary N) is 1. The maximum atomic E-state index is 3.81. The van der Waals surface area contributed by atoms with Crippen molar-refractivity contribution >= 4 is 20.6 Å². The molecule has 0 saturated carbocycles. The zero-order valence-electron chi connectivity index (χ0n) is 2.65. The first-order valence-corrected chi connectivity index (χ1v) is 1.80. The van der Waals surface area contributed by atoms with E-state index in [4.69, 9.17) is 0 Å². The van der Waals surface area contributed by atoms with Gasteiger partial charge in [-0.2, -0.15) is 12.6 Å². The van der Waals surface area contributed by atoms with E-state index in [1.54, 1.807) is 0 Å². The third-order valence-electron chi connectivity index (χ3n) is 0.158. The molecule has 3 heteroatoms. The summed E-state index contributed by atoms with van der Waals surface area (Å²) in [5.41, 5.74) is 0. The van der Waals surface area contributed by atoms with Crippen LogP contribution in [0.1, 0.15) is 0 Å². The molecule has 1 nitrogen and oxygen atoms in total. The Hall–Kier alpha value is 0.375. The molecular formula is CH6BNS. The smallest absolute Gasteiger partial charge is 0.182 e. The highest BCUT2D eigenvalue weighted by molar-refractivity contribution is 7.80. The van der Waals surface area contributed by atoms with E-state index in [9.17, 15) is 0 Å². The highest BCUT2D eigenvalue weighted by Gasteiger charge is 1.52. The van der Waals surface area contributed by atoms with Crippen molar-refractivity contribution in [2.75, 3.05) is 5.88 Å². The third kappa shape index (κ3) is 2.37. The molecule has 0 aliphatic heterocycles. The van der Waals surface area contributed by atoms with Crippen molar-refractivity contribution in [3.63, 3.8) is 0 Å². The van der Waals surface area contributed by atoms with E-state index in [1.165, 1.54) is 0 Å². The summed E-state index contributed by atoms with van der Waals surface area (Å²) in [6, 6.07) is 0. The predicted molar refractivity (Wildman–Crippen MR) is 25.5 cm³/mol. The maximum Gasteiger partial charge on any atom is 0.182 e. The highest BCUT2D eigenvalue weighted by atomic mass is 32.1. The molecule has 0 radical (unpaired) electrons. The summed E-state index contributed by atoms with van der Waals surface area (Å²) in [7, 11) is 1.85. The van der Waals surface area contributed by atoms with Crippen LogP contribution >= 0.6 is 12.6 Å². The van der Waals surface area contributed by atoms with Gasteiger partial charge in [0.15, 0.2) is 7.98 Å². The molecule has 0 fully saturated rings. The molecule has 0 spiro atoms. The second kappa shape index (κ2) is 3.37.